The van der Waals surface area contributed by atoms with E-state index in [9.17, 15) is 5.11 Å². The molecule has 0 bridgehead atoms. The molecular weight excluding hydrogens is 532 g/mol. The molecule has 0 amide bonds. The Morgan fingerprint density at radius 2 is 1.88 bits per heavy atom. The van der Waals surface area contributed by atoms with Crippen LogP contribution < -0.4 is 16.4 Å². The molecule has 4 aromatic rings. The standard InChI is InChI=1S/C28H31ClN8O3/c1-32-11-2-12-37(31)27(36-30)20-9-5-18(6-10-20)17-3-7-19(8-4-17)25-23(29)14-24-26(34-25)35-28(33-24)40-22-13-21(15-38)39-16-22/h3-11,14,21-22,38H,2,12-13,15-16,30-31H2,1H3,(H,33,34,35)/b32-11?,36-27-/t21-,22?/m0/s1. The van der Waals surface area contributed by atoms with E-state index in [2.05, 4.69) is 25.0 Å². The zero-order chi connectivity index (χ0) is 28.1. The summed E-state index contributed by atoms with van der Waals surface area (Å²) in [5, 5.41) is 15.1. The summed E-state index contributed by atoms with van der Waals surface area (Å²) >= 11 is 6.60. The van der Waals surface area contributed by atoms with Crippen molar-refractivity contribution < 1.29 is 14.6 Å². The van der Waals surface area contributed by atoms with Gasteiger partial charge in [-0.25, -0.2) is 10.8 Å². The van der Waals surface area contributed by atoms with Crippen LogP contribution in [0.2, 0.25) is 5.02 Å². The lowest BCUT2D eigenvalue weighted by Gasteiger charge is -2.19. The fourth-order valence-electron chi connectivity index (χ4n) is 4.57. The molecule has 2 aromatic heterocycles. The Balaban J connectivity index is 1.30. The van der Waals surface area contributed by atoms with E-state index in [1.54, 1.807) is 19.3 Å². The predicted octanol–water partition coefficient (Wildman–Crippen LogP) is 3.36. The second kappa shape index (κ2) is 12.4. The first kappa shape index (κ1) is 27.5. The number of nitrogens with zero attached hydrogens (tertiary/aromatic N) is 5. The second-order valence-corrected chi connectivity index (χ2v) is 9.78. The second-order valence-electron chi connectivity index (χ2n) is 9.38. The van der Waals surface area contributed by atoms with Crippen LogP contribution in [0.5, 0.6) is 6.01 Å². The maximum atomic E-state index is 9.26. The number of aliphatic hydroxyl groups is 1. The number of amidine groups is 1. The molecular formula is C28H31ClN8O3. The number of halogens is 1. The highest BCUT2D eigenvalue weighted by Crippen LogP contribution is 2.31. The van der Waals surface area contributed by atoms with Gasteiger partial charge in [0, 0.05) is 43.8 Å². The first-order valence-electron chi connectivity index (χ1n) is 12.9. The van der Waals surface area contributed by atoms with Gasteiger partial charge in [-0.05, 0) is 17.2 Å². The summed E-state index contributed by atoms with van der Waals surface area (Å²) in [6.45, 7) is 0.919. The maximum Gasteiger partial charge on any atom is 0.296 e. The van der Waals surface area contributed by atoms with Crippen LogP contribution in [0.4, 0.5) is 0 Å². The lowest BCUT2D eigenvalue weighted by molar-refractivity contribution is 0.0528. The molecule has 6 N–H and O–H groups in total. The van der Waals surface area contributed by atoms with E-state index in [0.29, 0.717) is 59.7 Å². The predicted molar refractivity (Wildman–Crippen MR) is 156 cm³/mol. The van der Waals surface area contributed by atoms with Crippen LogP contribution in [0.3, 0.4) is 0 Å². The Kier molecular flexibility index (Phi) is 8.56. The summed E-state index contributed by atoms with van der Waals surface area (Å²) in [4.78, 5) is 16.2. The first-order chi connectivity index (χ1) is 19.5. The van der Waals surface area contributed by atoms with Crippen molar-refractivity contribution in [2.24, 2.45) is 21.8 Å². The summed E-state index contributed by atoms with van der Waals surface area (Å²) in [7, 11) is 1.72. The average Bonchev–Trinajstić information content (AvgIpc) is 3.59. The Morgan fingerprint density at radius 3 is 2.52 bits per heavy atom. The number of benzene rings is 2. The lowest BCUT2D eigenvalue weighted by atomic mass is 10.0. The van der Waals surface area contributed by atoms with Crippen molar-refractivity contribution in [1.29, 1.82) is 0 Å². The molecule has 2 atom stereocenters. The number of nitrogens with two attached hydrogens (primary N) is 2. The molecule has 12 heteroatoms. The zero-order valence-electron chi connectivity index (χ0n) is 22.0. The zero-order valence-corrected chi connectivity index (χ0v) is 22.8. The van der Waals surface area contributed by atoms with Gasteiger partial charge in [-0.2, -0.15) is 10.1 Å². The molecule has 0 radical (unpaired) electrons. The number of aromatic amines is 1. The third-order valence-electron chi connectivity index (χ3n) is 6.64. The highest BCUT2D eigenvalue weighted by Gasteiger charge is 2.27. The van der Waals surface area contributed by atoms with Gasteiger partial charge in [0.2, 0.25) is 0 Å². The SMILES string of the molecule is CN=CCCN(N)/C(=N\N)c1ccc(-c2ccc(-c3nc4nc(OC5CO[C@H](CO)C5)[nH]c4cc3Cl)cc2)cc1. The average molecular weight is 563 g/mol. The van der Waals surface area contributed by atoms with E-state index in [1.807, 2.05) is 48.5 Å². The molecule has 1 aliphatic rings. The Hall–Kier alpha value is -4.03. The van der Waals surface area contributed by atoms with Crippen LogP contribution >= 0.6 is 11.6 Å². The molecule has 1 saturated heterocycles. The number of aliphatic imine (C=N–C) groups is 1. The molecule has 0 spiro atoms. The summed E-state index contributed by atoms with van der Waals surface area (Å²) in [5.41, 5.74) is 5.53. The van der Waals surface area contributed by atoms with Gasteiger partial charge in [-0.15, -0.1) is 0 Å². The van der Waals surface area contributed by atoms with Crippen molar-refractivity contribution in [3.63, 3.8) is 0 Å². The van der Waals surface area contributed by atoms with Gasteiger partial charge in [-0.1, -0.05) is 60.1 Å². The molecule has 208 valence electrons. The Bertz CT molecular complexity index is 1500. The molecule has 0 aliphatic carbocycles. The highest BCUT2D eigenvalue weighted by molar-refractivity contribution is 6.33. The third kappa shape index (κ3) is 6.07. The van der Waals surface area contributed by atoms with Crippen molar-refractivity contribution in [2.75, 3.05) is 26.8 Å². The number of pyridine rings is 1. The van der Waals surface area contributed by atoms with Gasteiger partial charge in [0.1, 0.15) is 6.10 Å². The van der Waals surface area contributed by atoms with Gasteiger partial charge in [0.25, 0.3) is 6.01 Å². The quantitative estimate of drug-likeness (QED) is 0.104. The van der Waals surface area contributed by atoms with Crippen LogP contribution in [0, 0.1) is 0 Å². The van der Waals surface area contributed by atoms with Crippen LogP contribution in [-0.4, -0.2) is 76.1 Å². The van der Waals surface area contributed by atoms with E-state index in [4.69, 9.17) is 32.8 Å². The molecule has 40 heavy (non-hydrogen) atoms. The molecule has 2 aromatic carbocycles. The van der Waals surface area contributed by atoms with E-state index in [1.165, 1.54) is 5.01 Å². The Morgan fingerprint density at radius 1 is 1.18 bits per heavy atom. The summed E-state index contributed by atoms with van der Waals surface area (Å²) in [6.07, 6.45) is 2.70. The van der Waals surface area contributed by atoms with E-state index >= 15 is 0 Å². The van der Waals surface area contributed by atoms with E-state index < -0.39 is 0 Å². The highest BCUT2D eigenvalue weighted by atomic mass is 35.5. The molecule has 3 heterocycles. The van der Waals surface area contributed by atoms with Crippen molar-refractivity contribution in [3.05, 3.63) is 65.2 Å². The van der Waals surface area contributed by atoms with Gasteiger partial charge in [-0.3, -0.25) is 5.01 Å². The van der Waals surface area contributed by atoms with Crippen molar-refractivity contribution in [1.82, 2.24) is 20.0 Å². The summed E-state index contributed by atoms with van der Waals surface area (Å²) in [5.74, 6) is 12.2. The number of nitrogens with one attached hydrogen (secondary N) is 1. The number of hydrazine groups is 1. The molecule has 0 saturated carbocycles. The van der Waals surface area contributed by atoms with Gasteiger partial charge >= 0.3 is 0 Å². The van der Waals surface area contributed by atoms with Gasteiger partial charge in [0.05, 0.1) is 35.6 Å². The number of ether oxygens (including phenoxy) is 2. The van der Waals surface area contributed by atoms with E-state index in [0.717, 1.165) is 22.3 Å². The number of aliphatic hydroxyl groups excluding tert-OH is 1. The van der Waals surface area contributed by atoms with Crippen LogP contribution in [0.1, 0.15) is 18.4 Å². The number of hydrazone groups is 1. The minimum atomic E-state index is -0.209. The monoisotopic (exact) mass is 562 g/mol. The summed E-state index contributed by atoms with van der Waals surface area (Å²) in [6, 6.07) is 18.0. The van der Waals surface area contributed by atoms with Crippen LogP contribution in [0.25, 0.3) is 33.5 Å². The minimum absolute atomic E-state index is 0.0305. The number of fused-ring (bicyclic) bond motifs is 1. The van der Waals surface area contributed by atoms with Crippen molar-refractivity contribution >= 4 is 34.8 Å². The number of hydrogen-bond donors (Lipinski definition) is 4. The fourth-order valence-corrected chi connectivity index (χ4v) is 4.83. The van der Waals surface area contributed by atoms with E-state index in [-0.39, 0.29) is 18.8 Å². The largest absolute Gasteiger partial charge is 0.459 e. The topological polar surface area (TPSA) is 160 Å². The van der Waals surface area contributed by atoms with Crippen molar-refractivity contribution in [2.45, 2.75) is 25.0 Å². The number of H-pyrrole nitrogens is 1. The number of aromatic nitrogens is 3. The third-order valence-corrected chi connectivity index (χ3v) is 6.93. The summed E-state index contributed by atoms with van der Waals surface area (Å²) < 4.78 is 11.4. The smallest absolute Gasteiger partial charge is 0.296 e. The number of hydrogen-bond acceptors (Lipinski definition) is 9. The molecule has 1 aliphatic heterocycles. The van der Waals surface area contributed by atoms with Crippen LogP contribution in [-0.2, 0) is 4.74 Å². The minimum Gasteiger partial charge on any atom is -0.459 e. The van der Waals surface area contributed by atoms with Crippen LogP contribution in [0.15, 0.2) is 64.7 Å². The molecule has 1 unspecified atom stereocenters. The number of imidazole rings is 1. The van der Waals surface area contributed by atoms with Gasteiger partial charge < -0.3 is 30.4 Å². The molecule has 5 rings (SSSR count). The van der Waals surface area contributed by atoms with Crippen molar-refractivity contribution in [3.8, 4) is 28.4 Å². The lowest BCUT2D eigenvalue weighted by Crippen LogP contribution is -2.39. The first-order valence-corrected chi connectivity index (χ1v) is 13.2. The molecule has 11 nitrogen and oxygen atoms in total. The Labute approximate surface area is 236 Å². The molecule has 1 fully saturated rings. The number of rotatable bonds is 9. The van der Waals surface area contributed by atoms with Gasteiger partial charge in [0.15, 0.2) is 11.5 Å². The maximum absolute atomic E-state index is 9.26. The fraction of sp³-hybridized carbons (Fsp3) is 0.286. The normalized spacial score (nSPS) is 17.6.